The molecule has 0 spiro atoms. The second-order valence-corrected chi connectivity index (χ2v) is 7.99. The van der Waals surface area contributed by atoms with Crippen molar-refractivity contribution in [2.45, 2.75) is 32.2 Å². The van der Waals surface area contributed by atoms with Gasteiger partial charge in [0.05, 0.1) is 5.69 Å². The minimum atomic E-state index is -0.0730. The highest BCUT2D eigenvalue weighted by Gasteiger charge is 2.23. The number of amides is 1. The van der Waals surface area contributed by atoms with Gasteiger partial charge in [-0.05, 0) is 61.2 Å². The molecule has 1 amide bonds. The summed E-state index contributed by atoms with van der Waals surface area (Å²) in [6.07, 6.45) is 2.90. The number of hydrogen-bond donors (Lipinski definition) is 1. The Bertz CT molecular complexity index is 1000. The molecule has 1 aromatic heterocycles. The topological polar surface area (TPSA) is 58.1 Å². The standard InChI is InChI=1S/C24H25ClN4O/c1-2-17-6-3-4-8-21(17)22-13-14-23(28-27-22)29-15-5-7-20(16-29)26-24(30)18-9-11-19(25)12-10-18/h3-4,6,8-14,20H,2,5,7,15-16H2,1H3,(H,26,30). The summed E-state index contributed by atoms with van der Waals surface area (Å²) >= 11 is 5.91. The lowest BCUT2D eigenvalue weighted by molar-refractivity contribution is 0.0933. The van der Waals surface area contributed by atoms with E-state index < -0.39 is 0 Å². The van der Waals surface area contributed by atoms with Gasteiger partial charge in [0.25, 0.3) is 5.91 Å². The Hall–Kier alpha value is -2.92. The van der Waals surface area contributed by atoms with E-state index in [1.165, 1.54) is 5.56 Å². The molecule has 1 atom stereocenters. The van der Waals surface area contributed by atoms with E-state index in [9.17, 15) is 4.79 Å². The van der Waals surface area contributed by atoms with Crippen molar-refractivity contribution in [3.05, 3.63) is 76.8 Å². The highest BCUT2D eigenvalue weighted by molar-refractivity contribution is 6.30. The fourth-order valence-electron chi connectivity index (χ4n) is 3.89. The summed E-state index contributed by atoms with van der Waals surface area (Å²) < 4.78 is 0. The molecule has 1 unspecified atom stereocenters. The molecule has 1 N–H and O–H groups in total. The average molecular weight is 421 g/mol. The van der Waals surface area contributed by atoms with Crippen LogP contribution < -0.4 is 10.2 Å². The quantitative estimate of drug-likeness (QED) is 0.646. The molecule has 1 aliphatic rings. The van der Waals surface area contributed by atoms with E-state index in [0.29, 0.717) is 10.6 Å². The van der Waals surface area contributed by atoms with E-state index in [-0.39, 0.29) is 11.9 Å². The van der Waals surface area contributed by atoms with Crippen molar-refractivity contribution >= 4 is 23.3 Å². The molecule has 1 fully saturated rings. The number of anilines is 1. The fourth-order valence-corrected chi connectivity index (χ4v) is 4.02. The molecule has 3 aromatic rings. The highest BCUT2D eigenvalue weighted by Crippen LogP contribution is 2.24. The van der Waals surface area contributed by atoms with E-state index in [1.54, 1.807) is 24.3 Å². The molecule has 30 heavy (non-hydrogen) atoms. The van der Waals surface area contributed by atoms with Gasteiger partial charge in [-0.25, -0.2) is 0 Å². The first kappa shape index (κ1) is 20.4. The van der Waals surface area contributed by atoms with E-state index in [0.717, 1.165) is 49.4 Å². The highest BCUT2D eigenvalue weighted by atomic mass is 35.5. The van der Waals surface area contributed by atoms with Crippen molar-refractivity contribution in [2.75, 3.05) is 18.0 Å². The van der Waals surface area contributed by atoms with Crippen LogP contribution in [0.4, 0.5) is 5.82 Å². The maximum atomic E-state index is 12.5. The second kappa shape index (κ2) is 9.26. The van der Waals surface area contributed by atoms with Crippen LogP contribution in [0.5, 0.6) is 0 Å². The summed E-state index contributed by atoms with van der Waals surface area (Å²) in [4.78, 5) is 14.7. The zero-order chi connectivity index (χ0) is 20.9. The predicted molar refractivity (Wildman–Crippen MR) is 121 cm³/mol. The number of piperidine rings is 1. The number of carbonyl (C=O) groups is 1. The minimum absolute atomic E-state index is 0.0730. The van der Waals surface area contributed by atoms with Crippen LogP contribution in [0.25, 0.3) is 11.3 Å². The van der Waals surface area contributed by atoms with E-state index in [4.69, 9.17) is 11.6 Å². The molecule has 4 rings (SSSR count). The smallest absolute Gasteiger partial charge is 0.251 e. The van der Waals surface area contributed by atoms with Crippen molar-refractivity contribution in [3.63, 3.8) is 0 Å². The first-order valence-electron chi connectivity index (χ1n) is 10.4. The third-order valence-corrected chi connectivity index (χ3v) is 5.76. The van der Waals surface area contributed by atoms with Crippen molar-refractivity contribution in [2.24, 2.45) is 0 Å². The zero-order valence-corrected chi connectivity index (χ0v) is 17.8. The van der Waals surface area contributed by atoms with Crippen LogP contribution in [0, 0.1) is 0 Å². The third kappa shape index (κ3) is 4.62. The third-order valence-electron chi connectivity index (χ3n) is 5.51. The molecule has 0 bridgehead atoms. The van der Waals surface area contributed by atoms with Gasteiger partial charge in [-0.15, -0.1) is 10.2 Å². The van der Waals surface area contributed by atoms with Crippen LogP contribution in [0.15, 0.2) is 60.7 Å². The number of carbonyl (C=O) groups excluding carboxylic acids is 1. The molecular weight excluding hydrogens is 396 g/mol. The number of halogens is 1. The number of nitrogens with zero attached hydrogens (tertiary/aromatic N) is 3. The lowest BCUT2D eigenvalue weighted by atomic mass is 10.0. The van der Waals surface area contributed by atoms with E-state index in [1.807, 2.05) is 18.2 Å². The Morgan fingerprint density at radius 3 is 2.63 bits per heavy atom. The van der Waals surface area contributed by atoms with Crippen molar-refractivity contribution in [1.82, 2.24) is 15.5 Å². The molecule has 0 saturated carbocycles. The number of benzene rings is 2. The van der Waals surface area contributed by atoms with Gasteiger partial charge in [0.2, 0.25) is 0 Å². The number of rotatable bonds is 5. The molecule has 0 aliphatic carbocycles. The summed E-state index contributed by atoms with van der Waals surface area (Å²) in [5.74, 6) is 0.772. The molecule has 0 radical (unpaired) electrons. The maximum absolute atomic E-state index is 12.5. The Morgan fingerprint density at radius 1 is 1.10 bits per heavy atom. The van der Waals surface area contributed by atoms with Gasteiger partial charge < -0.3 is 10.2 Å². The summed E-state index contributed by atoms with van der Waals surface area (Å²) in [6, 6.07) is 19.4. The minimum Gasteiger partial charge on any atom is -0.353 e. The normalized spacial score (nSPS) is 16.3. The summed E-state index contributed by atoms with van der Waals surface area (Å²) in [7, 11) is 0. The van der Waals surface area contributed by atoms with Crippen LogP contribution in [-0.2, 0) is 6.42 Å². The molecular formula is C24H25ClN4O. The molecule has 154 valence electrons. The van der Waals surface area contributed by atoms with E-state index >= 15 is 0 Å². The van der Waals surface area contributed by atoms with Crippen LogP contribution >= 0.6 is 11.6 Å². The van der Waals surface area contributed by atoms with E-state index in [2.05, 4.69) is 45.5 Å². The Labute approximate surface area is 182 Å². The van der Waals surface area contributed by atoms with Crippen molar-refractivity contribution in [3.8, 4) is 11.3 Å². The van der Waals surface area contributed by atoms with Crippen LogP contribution in [-0.4, -0.2) is 35.2 Å². The Kier molecular flexibility index (Phi) is 6.29. The first-order chi connectivity index (χ1) is 14.6. The molecule has 1 aliphatic heterocycles. The van der Waals surface area contributed by atoms with Gasteiger partial charge >= 0.3 is 0 Å². The molecule has 6 heteroatoms. The van der Waals surface area contributed by atoms with Crippen LogP contribution in [0.2, 0.25) is 5.02 Å². The van der Waals surface area contributed by atoms with Gasteiger partial charge in [0.15, 0.2) is 5.82 Å². The van der Waals surface area contributed by atoms with Crippen molar-refractivity contribution in [1.29, 1.82) is 0 Å². The molecule has 2 aromatic carbocycles. The first-order valence-corrected chi connectivity index (χ1v) is 10.7. The SMILES string of the molecule is CCc1ccccc1-c1ccc(N2CCCC(NC(=O)c3ccc(Cl)cc3)C2)nn1. The average Bonchev–Trinajstić information content (AvgIpc) is 2.80. The molecule has 1 saturated heterocycles. The maximum Gasteiger partial charge on any atom is 0.251 e. The zero-order valence-electron chi connectivity index (χ0n) is 17.0. The second-order valence-electron chi connectivity index (χ2n) is 7.55. The van der Waals surface area contributed by atoms with Crippen LogP contribution in [0.1, 0.15) is 35.7 Å². The van der Waals surface area contributed by atoms with Gasteiger partial charge in [0, 0.05) is 35.3 Å². The number of nitrogens with one attached hydrogen (secondary N) is 1. The Balaban J connectivity index is 1.43. The summed E-state index contributed by atoms with van der Waals surface area (Å²) in [5.41, 5.74) is 3.91. The lowest BCUT2D eigenvalue weighted by Gasteiger charge is -2.33. The Morgan fingerprint density at radius 2 is 1.90 bits per heavy atom. The largest absolute Gasteiger partial charge is 0.353 e. The number of aryl methyl sites for hydroxylation is 1. The monoisotopic (exact) mass is 420 g/mol. The van der Waals surface area contributed by atoms with Gasteiger partial charge in [-0.1, -0.05) is 42.8 Å². The molecule has 5 nitrogen and oxygen atoms in total. The predicted octanol–water partition coefficient (Wildman–Crippen LogP) is 4.76. The van der Waals surface area contributed by atoms with Crippen molar-refractivity contribution < 1.29 is 4.79 Å². The van der Waals surface area contributed by atoms with Crippen LogP contribution in [0.3, 0.4) is 0 Å². The van der Waals surface area contributed by atoms with Gasteiger partial charge in [0.1, 0.15) is 0 Å². The number of hydrogen-bond acceptors (Lipinski definition) is 4. The summed E-state index contributed by atoms with van der Waals surface area (Å²) in [5, 5.41) is 12.7. The fraction of sp³-hybridized carbons (Fsp3) is 0.292. The lowest BCUT2D eigenvalue weighted by Crippen LogP contribution is -2.48. The van der Waals surface area contributed by atoms with Gasteiger partial charge in [-0.2, -0.15) is 0 Å². The summed E-state index contributed by atoms with van der Waals surface area (Å²) in [6.45, 7) is 3.78. The molecule has 2 heterocycles. The van der Waals surface area contributed by atoms with Gasteiger partial charge in [-0.3, -0.25) is 4.79 Å². The number of aromatic nitrogens is 2.